The largest absolute Gasteiger partial charge is 0.480 e. The van der Waals surface area contributed by atoms with Crippen LogP contribution in [-0.4, -0.2) is 42.2 Å². The minimum absolute atomic E-state index is 0.330. The van der Waals surface area contributed by atoms with E-state index in [1.54, 1.807) is 4.72 Å². The summed E-state index contributed by atoms with van der Waals surface area (Å²) >= 11 is 0. The van der Waals surface area contributed by atoms with Gasteiger partial charge in [0.25, 0.3) is 10.0 Å². The highest BCUT2D eigenvalue weighted by molar-refractivity contribution is 7.89. The van der Waals surface area contributed by atoms with Crippen molar-refractivity contribution < 1.29 is 27.8 Å². The fraction of sp³-hybridized carbons (Fsp3) is 0.333. The zero-order valence-corrected chi connectivity index (χ0v) is 9.89. The average Bonchev–Trinajstić information content (AvgIpc) is 2.28. The first-order valence-electron chi connectivity index (χ1n) is 4.85. The lowest BCUT2D eigenvalue weighted by atomic mass is 10.2. The van der Waals surface area contributed by atoms with Crippen molar-refractivity contribution in [1.82, 2.24) is 9.71 Å². The molecule has 0 bridgehead atoms. The Morgan fingerprint density at radius 1 is 1.56 bits per heavy atom. The predicted molar refractivity (Wildman–Crippen MR) is 57.6 cm³/mol. The van der Waals surface area contributed by atoms with E-state index in [1.807, 2.05) is 0 Å². The third-order valence-corrected chi connectivity index (χ3v) is 3.40. The summed E-state index contributed by atoms with van der Waals surface area (Å²) in [7, 11) is -4.39. The number of hydrogen-bond acceptors (Lipinski definition) is 5. The van der Waals surface area contributed by atoms with Gasteiger partial charge in [-0.05, 0) is 18.6 Å². The SMILES string of the molecule is O=C(O)[C@@H](CCO)NS(=O)(=O)c1ncccc1F. The maximum absolute atomic E-state index is 13.2. The summed E-state index contributed by atoms with van der Waals surface area (Å²) in [5.41, 5.74) is 0. The molecule has 7 nitrogen and oxygen atoms in total. The summed E-state index contributed by atoms with van der Waals surface area (Å²) in [6.07, 6.45) is 0.739. The van der Waals surface area contributed by atoms with Gasteiger partial charge in [-0.1, -0.05) is 0 Å². The van der Waals surface area contributed by atoms with Crippen LogP contribution in [0.1, 0.15) is 6.42 Å². The number of sulfonamides is 1. The standard InChI is InChI=1S/C9H11FN2O5S/c10-6-2-1-4-11-8(6)18(16,17)12-7(3-5-13)9(14)15/h1-2,4,7,12-13H,3,5H2,(H,14,15)/t7-/m1/s1. The highest BCUT2D eigenvalue weighted by Gasteiger charge is 2.27. The molecule has 18 heavy (non-hydrogen) atoms. The van der Waals surface area contributed by atoms with Gasteiger partial charge in [0.05, 0.1) is 0 Å². The number of aliphatic hydroxyl groups is 1. The van der Waals surface area contributed by atoms with E-state index in [2.05, 4.69) is 4.98 Å². The van der Waals surface area contributed by atoms with Gasteiger partial charge in [-0.15, -0.1) is 0 Å². The first kappa shape index (κ1) is 14.5. The molecule has 0 aliphatic heterocycles. The Hall–Kier alpha value is -1.58. The number of aromatic nitrogens is 1. The number of carboxylic acid groups (broad SMARTS) is 1. The zero-order chi connectivity index (χ0) is 13.8. The summed E-state index contributed by atoms with van der Waals surface area (Å²) < 4.78 is 38.4. The lowest BCUT2D eigenvalue weighted by molar-refractivity contribution is -0.139. The van der Waals surface area contributed by atoms with Crippen molar-refractivity contribution in [3.8, 4) is 0 Å². The fourth-order valence-electron chi connectivity index (χ4n) is 1.17. The minimum atomic E-state index is -4.39. The number of aliphatic hydroxyl groups excluding tert-OH is 1. The Morgan fingerprint density at radius 2 is 2.22 bits per heavy atom. The van der Waals surface area contributed by atoms with Crippen LogP contribution >= 0.6 is 0 Å². The molecule has 1 aromatic heterocycles. The van der Waals surface area contributed by atoms with E-state index in [0.29, 0.717) is 0 Å². The molecule has 3 N–H and O–H groups in total. The zero-order valence-electron chi connectivity index (χ0n) is 9.08. The minimum Gasteiger partial charge on any atom is -0.480 e. The van der Waals surface area contributed by atoms with E-state index < -0.39 is 39.5 Å². The topological polar surface area (TPSA) is 117 Å². The molecule has 0 radical (unpaired) electrons. The number of halogens is 1. The third kappa shape index (κ3) is 3.45. The van der Waals surface area contributed by atoms with Gasteiger partial charge in [0.15, 0.2) is 5.82 Å². The van der Waals surface area contributed by atoms with E-state index >= 15 is 0 Å². The van der Waals surface area contributed by atoms with Crippen molar-refractivity contribution in [3.05, 3.63) is 24.1 Å². The summed E-state index contributed by atoms with van der Waals surface area (Å²) in [5, 5.41) is 16.5. The van der Waals surface area contributed by atoms with Crippen LogP contribution in [-0.2, 0) is 14.8 Å². The summed E-state index contributed by atoms with van der Waals surface area (Å²) in [5.74, 6) is -2.55. The first-order valence-corrected chi connectivity index (χ1v) is 6.33. The Morgan fingerprint density at radius 3 is 2.72 bits per heavy atom. The van der Waals surface area contributed by atoms with Crippen molar-refractivity contribution in [3.63, 3.8) is 0 Å². The number of hydrogen-bond donors (Lipinski definition) is 3. The number of aliphatic carboxylic acids is 1. The lowest BCUT2D eigenvalue weighted by Crippen LogP contribution is -2.41. The third-order valence-electron chi connectivity index (χ3n) is 1.99. The van der Waals surface area contributed by atoms with Crippen molar-refractivity contribution in [2.45, 2.75) is 17.5 Å². The number of carboxylic acids is 1. The molecule has 0 fully saturated rings. The molecule has 0 amide bonds. The smallest absolute Gasteiger partial charge is 0.321 e. The van der Waals surface area contributed by atoms with E-state index in [-0.39, 0.29) is 6.42 Å². The van der Waals surface area contributed by atoms with Gasteiger partial charge >= 0.3 is 5.97 Å². The lowest BCUT2D eigenvalue weighted by Gasteiger charge is -2.13. The van der Waals surface area contributed by atoms with Crippen LogP contribution in [0.2, 0.25) is 0 Å². The van der Waals surface area contributed by atoms with Crippen molar-refractivity contribution >= 4 is 16.0 Å². The quantitative estimate of drug-likeness (QED) is 0.635. The number of pyridine rings is 1. The van der Waals surface area contributed by atoms with Crippen LogP contribution in [0, 0.1) is 5.82 Å². The molecule has 0 aromatic carbocycles. The second-order valence-electron chi connectivity index (χ2n) is 3.31. The molecule has 1 rings (SSSR count). The van der Waals surface area contributed by atoms with E-state index in [9.17, 15) is 17.6 Å². The first-order chi connectivity index (χ1) is 8.38. The van der Waals surface area contributed by atoms with E-state index in [0.717, 1.165) is 12.3 Å². The Labute approximate surface area is 102 Å². The molecule has 1 heterocycles. The number of carbonyl (C=O) groups is 1. The molecule has 0 unspecified atom stereocenters. The van der Waals surface area contributed by atoms with E-state index in [1.165, 1.54) is 6.07 Å². The summed E-state index contributed by atoms with van der Waals surface area (Å²) in [6, 6.07) is 0.557. The van der Waals surface area contributed by atoms with Crippen LogP contribution in [0.3, 0.4) is 0 Å². The Kier molecular flexibility index (Phi) is 4.70. The van der Waals surface area contributed by atoms with Crippen molar-refractivity contribution in [2.24, 2.45) is 0 Å². The number of nitrogens with zero attached hydrogens (tertiary/aromatic N) is 1. The van der Waals surface area contributed by atoms with Gasteiger partial charge in [-0.3, -0.25) is 4.79 Å². The van der Waals surface area contributed by atoms with Gasteiger partial charge in [0.1, 0.15) is 6.04 Å². The van der Waals surface area contributed by atoms with Crippen LogP contribution in [0.15, 0.2) is 23.4 Å². The van der Waals surface area contributed by atoms with Crippen molar-refractivity contribution in [1.29, 1.82) is 0 Å². The molecular formula is C9H11FN2O5S. The van der Waals surface area contributed by atoms with Gasteiger partial charge in [0.2, 0.25) is 5.03 Å². The van der Waals surface area contributed by atoms with Gasteiger partial charge < -0.3 is 10.2 Å². The fourth-order valence-corrected chi connectivity index (χ4v) is 2.40. The molecule has 0 saturated carbocycles. The molecule has 100 valence electrons. The van der Waals surface area contributed by atoms with Gasteiger partial charge in [-0.2, -0.15) is 4.72 Å². The van der Waals surface area contributed by atoms with Crippen LogP contribution < -0.4 is 4.72 Å². The molecule has 1 aromatic rings. The number of rotatable bonds is 6. The second-order valence-corrected chi connectivity index (χ2v) is 4.94. The summed E-state index contributed by atoms with van der Waals surface area (Å²) in [6.45, 7) is -0.524. The summed E-state index contributed by atoms with van der Waals surface area (Å²) in [4.78, 5) is 14.1. The van der Waals surface area contributed by atoms with Gasteiger partial charge in [-0.25, -0.2) is 17.8 Å². The highest BCUT2D eigenvalue weighted by Crippen LogP contribution is 2.11. The van der Waals surface area contributed by atoms with Crippen LogP contribution in [0.25, 0.3) is 0 Å². The van der Waals surface area contributed by atoms with Crippen LogP contribution in [0.4, 0.5) is 4.39 Å². The Bertz CT molecular complexity index is 534. The maximum Gasteiger partial charge on any atom is 0.321 e. The Balaban J connectivity index is 3.01. The second kappa shape index (κ2) is 5.85. The highest BCUT2D eigenvalue weighted by atomic mass is 32.2. The van der Waals surface area contributed by atoms with Gasteiger partial charge in [0, 0.05) is 12.8 Å². The molecule has 9 heteroatoms. The van der Waals surface area contributed by atoms with E-state index in [4.69, 9.17) is 10.2 Å². The van der Waals surface area contributed by atoms with Crippen molar-refractivity contribution in [2.75, 3.05) is 6.61 Å². The number of nitrogens with one attached hydrogen (secondary N) is 1. The average molecular weight is 278 g/mol. The molecule has 1 atom stereocenters. The maximum atomic E-state index is 13.2. The van der Waals surface area contributed by atoms with Crippen LogP contribution in [0.5, 0.6) is 0 Å². The monoisotopic (exact) mass is 278 g/mol. The molecule has 0 spiro atoms. The molecule has 0 saturated heterocycles. The molecule has 0 aliphatic carbocycles. The predicted octanol–water partition coefficient (Wildman–Crippen LogP) is -0.665. The molecule has 0 aliphatic rings. The molecular weight excluding hydrogens is 267 g/mol. The normalized spacial score (nSPS) is 13.2.